The van der Waals surface area contributed by atoms with Gasteiger partial charge in [0.05, 0.1) is 11.7 Å². The fourth-order valence-corrected chi connectivity index (χ4v) is 3.76. The van der Waals surface area contributed by atoms with Gasteiger partial charge >= 0.3 is 0 Å². The number of nitrogens with one attached hydrogen (secondary N) is 4. The van der Waals surface area contributed by atoms with Gasteiger partial charge in [0.15, 0.2) is 5.69 Å². The number of carbonyl (C=O) groups is 1. The summed E-state index contributed by atoms with van der Waals surface area (Å²) in [6, 6.07) is 8.92. The summed E-state index contributed by atoms with van der Waals surface area (Å²) in [7, 11) is 0. The van der Waals surface area contributed by atoms with Crippen LogP contribution in [0.1, 0.15) is 51.8 Å². The highest BCUT2D eigenvalue weighted by Gasteiger charge is 2.23. The molecule has 3 aromatic heterocycles. The molecule has 0 aliphatic rings. The summed E-state index contributed by atoms with van der Waals surface area (Å²) in [5.74, 6) is 0.202. The standard InChI is InChI=1S/C22H24N6O2/c1-4-16-12(2)21(28-27-16)22(30)26-18(19-10-20(29)25-13(3)24-19)9-14-11-23-17-8-6-5-7-15(14)17/h5-8,10-11,18,23H,4,9H2,1-3H3,(H,26,30)(H,27,28)(H,24,25,29)/t18-/m1/s1. The van der Waals surface area contributed by atoms with Gasteiger partial charge in [-0.1, -0.05) is 25.1 Å². The van der Waals surface area contributed by atoms with Gasteiger partial charge in [0.25, 0.3) is 11.5 Å². The van der Waals surface area contributed by atoms with E-state index in [1.54, 1.807) is 6.92 Å². The van der Waals surface area contributed by atoms with Gasteiger partial charge in [-0.3, -0.25) is 14.7 Å². The maximum absolute atomic E-state index is 13.0. The monoisotopic (exact) mass is 404 g/mol. The first kappa shape index (κ1) is 19.6. The quantitative estimate of drug-likeness (QED) is 0.395. The van der Waals surface area contributed by atoms with Gasteiger partial charge in [0, 0.05) is 40.8 Å². The minimum Gasteiger partial charge on any atom is -0.361 e. The van der Waals surface area contributed by atoms with Crippen molar-refractivity contribution in [1.29, 1.82) is 0 Å². The zero-order valence-electron chi connectivity index (χ0n) is 17.2. The second-order valence-electron chi connectivity index (χ2n) is 7.37. The number of benzene rings is 1. The van der Waals surface area contributed by atoms with Crippen molar-refractivity contribution in [3.05, 3.63) is 80.9 Å². The summed E-state index contributed by atoms with van der Waals surface area (Å²) in [6.07, 6.45) is 3.17. The third-order valence-corrected chi connectivity index (χ3v) is 5.32. The summed E-state index contributed by atoms with van der Waals surface area (Å²) < 4.78 is 0. The highest BCUT2D eigenvalue weighted by atomic mass is 16.2. The van der Waals surface area contributed by atoms with Crippen LogP contribution in [0.25, 0.3) is 10.9 Å². The molecular formula is C22H24N6O2. The molecule has 0 spiro atoms. The topological polar surface area (TPSA) is 119 Å². The number of aromatic amines is 3. The van der Waals surface area contributed by atoms with Crippen molar-refractivity contribution in [2.24, 2.45) is 0 Å². The molecular weight excluding hydrogens is 380 g/mol. The number of rotatable bonds is 6. The average molecular weight is 404 g/mol. The molecule has 0 saturated carbocycles. The van der Waals surface area contributed by atoms with Gasteiger partial charge in [0.1, 0.15) is 5.82 Å². The van der Waals surface area contributed by atoms with Crippen LogP contribution in [-0.4, -0.2) is 31.1 Å². The fraction of sp³-hybridized carbons (Fsp3) is 0.273. The zero-order chi connectivity index (χ0) is 21.3. The van der Waals surface area contributed by atoms with E-state index in [0.29, 0.717) is 23.6 Å². The summed E-state index contributed by atoms with van der Waals surface area (Å²) in [6.45, 7) is 5.60. The molecule has 4 aromatic rings. The Bertz CT molecular complexity index is 1270. The van der Waals surface area contributed by atoms with Crippen LogP contribution in [0.5, 0.6) is 0 Å². The van der Waals surface area contributed by atoms with E-state index in [9.17, 15) is 9.59 Å². The van der Waals surface area contributed by atoms with E-state index in [1.165, 1.54) is 6.07 Å². The maximum Gasteiger partial charge on any atom is 0.272 e. The molecule has 1 atom stereocenters. The summed E-state index contributed by atoms with van der Waals surface area (Å²) in [5.41, 5.74) is 4.43. The van der Waals surface area contributed by atoms with Crippen LogP contribution >= 0.6 is 0 Å². The largest absolute Gasteiger partial charge is 0.361 e. The fourth-order valence-electron chi connectivity index (χ4n) is 3.76. The Hall–Kier alpha value is -3.68. The molecule has 1 amide bonds. The molecule has 0 bridgehead atoms. The second-order valence-corrected chi connectivity index (χ2v) is 7.37. The number of amides is 1. The van der Waals surface area contributed by atoms with E-state index in [2.05, 4.69) is 30.5 Å². The van der Waals surface area contributed by atoms with Crippen LogP contribution in [0.4, 0.5) is 0 Å². The van der Waals surface area contributed by atoms with Crippen LogP contribution in [0.15, 0.2) is 41.3 Å². The number of fused-ring (bicyclic) bond motifs is 1. The Labute approximate surface area is 173 Å². The van der Waals surface area contributed by atoms with E-state index >= 15 is 0 Å². The molecule has 0 saturated heterocycles. The van der Waals surface area contributed by atoms with Crippen molar-refractivity contribution in [3.8, 4) is 0 Å². The van der Waals surface area contributed by atoms with Gasteiger partial charge < -0.3 is 15.3 Å². The molecule has 4 rings (SSSR count). The maximum atomic E-state index is 13.0. The van der Waals surface area contributed by atoms with Crippen molar-refractivity contribution < 1.29 is 4.79 Å². The molecule has 8 heteroatoms. The number of H-pyrrole nitrogens is 3. The summed E-state index contributed by atoms with van der Waals surface area (Å²) >= 11 is 0. The molecule has 154 valence electrons. The molecule has 0 unspecified atom stereocenters. The molecule has 0 radical (unpaired) electrons. The van der Waals surface area contributed by atoms with Crippen molar-refractivity contribution in [2.75, 3.05) is 0 Å². The Morgan fingerprint density at radius 2 is 2.03 bits per heavy atom. The number of hydrogen-bond donors (Lipinski definition) is 4. The van der Waals surface area contributed by atoms with E-state index in [1.807, 2.05) is 44.3 Å². The predicted octanol–water partition coefficient (Wildman–Crippen LogP) is 2.87. The molecule has 4 N–H and O–H groups in total. The lowest BCUT2D eigenvalue weighted by Crippen LogP contribution is -2.32. The minimum absolute atomic E-state index is 0.250. The van der Waals surface area contributed by atoms with Gasteiger partial charge in [-0.05, 0) is 31.9 Å². The Morgan fingerprint density at radius 1 is 1.23 bits per heavy atom. The van der Waals surface area contributed by atoms with Gasteiger partial charge in [-0.15, -0.1) is 0 Å². The molecule has 30 heavy (non-hydrogen) atoms. The Kier molecular flexibility index (Phi) is 5.22. The second kappa shape index (κ2) is 7.98. The third kappa shape index (κ3) is 3.76. The van der Waals surface area contributed by atoms with Crippen molar-refractivity contribution in [1.82, 2.24) is 30.5 Å². The number of hydrogen-bond acceptors (Lipinski definition) is 4. The van der Waals surface area contributed by atoms with Crippen molar-refractivity contribution >= 4 is 16.8 Å². The van der Waals surface area contributed by atoms with Gasteiger partial charge in [-0.25, -0.2) is 4.98 Å². The number of para-hydroxylation sites is 1. The van der Waals surface area contributed by atoms with E-state index < -0.39 is 6.04 Å². The molecule has 0 aliphatic heterocycles. The normalized spacial score (nSPS) is 12.2. The highest BCUT2D eigenvalue weighted by Crippen LogP contribution is 2.24. The van der Waals surface area contributed by atoms with E-state index in [4.69, 9.17) is 0 Å². The SMILES string of the molecule is CCc1[nH]nc(C(=O)N[C@H](Cc2c[nH]c3ccccc23)c2cc(=O)[nH]c(C)n2)c1C. The number of aryl methyl sites for hydroxylation is 2. The third-order valence-electron chi connectivity index (χ3n) is 5.32. The van der Waals surface area contributed by atoms with Crippen LogP contribution < -0.4 is 10.9 Å². The minimum atomic E-state index is -0.487. The van der Waals surface area contributed by atoms with Crippen molar-refractivity contribution in [3.63, 3.8) is 0 Å². The molecule has 8 nitrogen and oxygen atoms in total. The first-order chi connectivity index (χ1) is 14.5. The molecule has 0 fully saturated rings. The van der Waals surface area contributed by atoms with Gasteiger partial charge in [0.2, 0.25) is 0 Å². The average Bonchev–Trinajstić information content (AvgIpc) is 3.30. The van der Waals surface area contributed by atoms with Crippen molar-refractivity contribution in [2.45, 2.75) is 39.7 Å². The van der Waals surface area contributed by atoms with Crippen LogP contribution in [0.2, 0.25) is 0 Å². The van der Waals surface area contributed by atoms with Crippen LogP contribution in [0.3, 0.4) is 0 Å². The number of nitrogens with zero attached hydrogens (tertiary/aromatic N) is 2. The predicted molar refractivity (Wildman–Crippen MR) is 115 cm³/mol. The van der Waals surface area contributed by atoms with Gasteiger partial charge in [-0.2, -0.15) is 5.10 Å². The lowest BCUT2D eigenvalue weighted by Gasteiger charge is -2.18. The first-order valence-corrected chi connectivity index (χ1v) is 9.93. The molecule has 3 heterocycles. The lowest BCUT2D eigenvalue weighted by atomic mass is 10.0. The lowest BCUT2D eigenvalue weighted by molar-refractivity contribution is 0.0930. The Morgan fingerprint density at radius 3 is 2.77 bits per heavy atom. The van der Waals surface area contributed by atoms with Crippen LogP contribution in [0, 0.1) is 13.8 Å². The zero-order valence-corrected chi connectivity index (χ0v) is 17.2. The summed E-state index contributed by atoms with van der Waals surface area (Å²) in [5, 5.41) is 11.2. The van der Waals surface area contributed by atoms with E-state index in [0.717, 1.165) is 34.1 Å². The molecule has 0 aliphatic carbocycles. The van der Waals surface area contributed by atoms with Crippen LogP contribution in [-0.2, 0) is 12.8 Å². The number of aromatic nitrogens is 5. The Balaban J connectivity index is 1.70. The first-order valence-electron chi connectivity index (χ1n) is 9.93. The number of carbonyl (C=O) groups excluding carboxylic acids is 1. The highest BCUT2D eigenvalue weighted by molar-refractivity contribution is 5.94. The molecule has 1 aromatic carbocycles. The smallest absolute Gasteiger partial charge is 0.272 e. The van der Waals surface area contributed by atoms with E-state index in [-0.39, 0.29) is 11.5 Å². The summed E-state index contributed by atoms with van der Waals surface area (Å²) in [4.78, 5) is 35.5.